The fourth-order valence-corrected chi connectivity index (χ4v) is 2.47. The molecule has 0 spiro atoms. The molecule has 0 radical (unpaired) electrons. The molecule has 0 fully saturated rings. The van der Waals surface area contributed by atoms with Crippen LogP contribution in [0.5, 0.6) is 0 Å². The van der Waals surface area contributed by atoms with E-state index in [0.29, 0.717) is 4.90 Å². The first-order chi connectivity index (χ1) is 8.32. The van der Waals surface area contributed by atoms with Crippen LogP contribution in [0.2, 0.25) is 0 Å². The van der Waals surface area contributed by atoms with Gasteiger partial charge in [0.2, 0.25) is 0 Å². The summed E-state index contributed by atoms with van der Waals surface area (Å²) < 4.78 is 1.94. The summed E-state index contributed by atoms with van der Waals surface area (Å²) in [6.45, 7) is 1.85. The fraction of sp³-hybridized carbons (Fsp3) is 0.417. The molecule has 0 atom stereocenters. The Balaban J connectivity index is 0.00000324. The van der Waals surface area contributed by atoms with E-state index in [9.17, 15) is 10.1 Å². The fourth-order valence-electron chi connectivity index (χ4n) is 1.54. The number of thioether (sulfide) groups is 1. The zero-order valence-corrected chi connectivity index (χ0v) is 14.7. The van der Waals surface area contributed by atoms with Crippen LogP contribution in [0, 0.1) is 17.0 Å². The lowest BCUT2D eigenvalue weighted by molar-refractivity contribution is -0.466. The maximum absolute atomic E-state index is 11.1. The highest BCUT2D eigenvalue weighted by Crippen LogP contribution is 2.31. The van der Waals surface area contributed by atoms with Gasteiger partial charge in [-0.2, -0.15) is 0 Å². The van der Waals surface area contributed by atoms with Crippen LogP contribution in [0.4, 0.5) is 5.69 Å². The Bertz CT molecular complexity index is 500. The molecule has 0 saturated carbocycles. The number of nitro groups is 1. The predicted molar refractivity (Wildman–Crippen MR) is 74.5 cm³/mol. The third-order valence-corrected chi connectivity index (χ3v) is 3.76. The topological polar surface area (TPSA) is 49.4 Å². The Morgan fingerprint density at radius 1 is 1.32 bits per heavy atom. The Morgan fingerprint density at radius 2 is 1.89 bits per heavy atom. The van der Waals surface area contributed by atoms with E-state index in [-0.39, 0.29) is 34.6 Å². The van der Waals surface area contributed by atoms with Gasteiger partial charge in [0, 0.05) is 17.8 Å². The highest BCUT2D eigenvalue weighted by atomic mass is 127. The second-order valence-electron chi connectivity index (χ2n) is 4.40. The van der Waals surface area contributed by atoms with Gasteiger partial charge < -0.3 is 24.0 Å². The molecule has 7 heteroatoms. The molecule has 0 amide bonds. The molecule has 0 N–H and O–H groups in total. The molecule has 0 aliphatic heterocycles. The first kappa shape index (κ1) is 18.2. The Labute approximate surface area is 134 Å². The van der Waals surface area contributed by atoms with Crippen LogP contribution in [-0.4, -0.2) is 47.8 Å². The molecule has 0 aromatic heterocycles. The van der Waals surface area contributed by atoms with E-state index in [4.69, 9.17) is 0 Å². The van der Waals surface area contributed by atoms with Crippen molar-refractivity contribution in [2.45, 2.75) is 11.8 Å². The third-order valence-electron chi connectivity index (χ3n) is 2.28. The number of benzene rings is 1. The first-order valence-corrected chi connectivity index (χ1v) is 6.29. The van der Waals surface area contributed by atoms with Gasteiger partial charge >= 0.3 is 5.17 Å². The van der Waals surface area contributed by atoms with Crippen molar-refractivity contribution in [2.75, 3.05) is 28.2 Å². The van der Waals surface area contributed by atoms with E-state index < -0.39 is 0 Å². The van der Waals surface area contributed by atoms with Crippen molar-refractivity contribution in [3.05, 3.63) is 33.9 Å². The minimum atomic E-state index is -0.335. The summed E-state index contributed by atoms with van der Waals surface area (Å²) in [4.78, 5) is 13.3. The van der Waals surface area contributed by atoms with Crippen molar-refractivity contribution in [2.24, 2.45) is 0 Å². The number of halogens is 1. The highest BCUT2D eigenvalue weighted by Gasteiger charge is 2.21. The lowest BCUT2D eigenvalue weighted by atomic mass is 10.2. The smallest absolute Gasteiger partial charge is 0.312 e. The van der Waals surface area contributed by atoms with Crippen molar-refractivity contribution in [1.82, 2.24) is 4.90 Å². The van der Waals surface area contributed by atoms with E-state index in [1.54, 1.807) is 12.1 Å². The Morgan fingerprint density at radius 3 is 2.32 bits per heavy atom. The maximum atomic E-state index is 11.1. The number of aryl methyl sites for hydroxylation is 1. The van der Waals surface area contributed by atoms with Crippen LogP contribution in [0.1, 0.15) is 5.56 Å². The van der Waals surface area contributed by atoms with Crippen LogP contribution in [0.3, 0.4) is 0 Å². The largest absolute Gasteiger partial charge is 1.00 e. The van der Waals surface area contributed by atoms with E-state index >= 15 is 0 Å². The molecule has 1 rings (SSSR count). The van der Waals surface area contributed by atoms with Crippen LogP contribution in [0.15, 0.2) is 23.1 Å². The average Bonchev–Trinajstić information content (AvgIpc) is 2.25. The van der Waals surface area contributed by atoms with E-state index in [0.717, 1.165) is 10.7 Å². The lowest BCUT2D eigenvalue weighted by Crippen LogP contribution is -3.00. The number of nitrogens with zero attached hydrogens (tertiary/aromatic N) is 3. The van der Waals surface area contributed by atoms with Crippen molar-refractivity contribution in [3.63, 3.8) is 0 Å². The minimum Gasteiger partial charge on any atom is -1.00 e. The van der Waals surface area contributed by atoms with Gasteiger partial charge in [0.05, 0.1) is 38.0 Å². The maximum Gasteiger partial charge on any atom is 0.312 e. The van der Waals surface area contributed by atoms with E-state index in [1.165, 1.54) is 11.8 Å². The normalized spacial score (nSPS) is 9.53. The van der Waals surface area contributed by atoms with Crippen LogP contribution in [0.25, 0.3) is 0 Å². The molecule has 1 aromatic carbocycles. The zero-order chi connectivity index (χ0) is 13.9. The average molecular weight is 395 g/mol. The van der Waals surface area contributed by atoms with Gasteiger partial charge in [0.1, 0.15) is 0 Å². The van der Waals surface area contributed by atoms with E-state index in [2.05, 4.69) is 0 Å². The second kappa shape index (κ2) is 7.68. The summed E-state index contributed by atoms with van der Waals surface area (Å²) in [5.41, 5.74) is 1.04. The number of nitro benzene ring substituents is 1. The lowest BCUT2D eigenvalue weighted by Gasteiger charge is -2.10. The Hall–Kier alpha value is -0.830. The molecular formula is C12H18IN3O2S. The quantitative estimate of drug-likeness (QED) is 0.125. The van der Waals surface area contributed by atoms with Crippen LogP contribution < -0.4 is 24.0 Å². The molecule has 1 aromatic rings. The van der Waals surface area contributed by atoms with Crippen LogP contribution in [-0.2, 0) is 0 Å². The summed E-state index contributed by atoms with van der Waals surface area (Å²) >= 11 is 1.40. The highest BCUT2D eigenvalue weighted by molar-refractivity contribution is 8.13. The van der Waals surface area contributed by atoms with Crippen molar-refractivity contribution in [1.29, 1.82) is 0 Å². The van der Waals surface area contributed by atoms with Gasteiger partial charge in [0.25, 0.3) is 5.69 Å². The monoisotopic (exact) mass is 395 g/mol. The minimum absolute atomic E-state index is 0. The SMILES string of the molecule is Cc1ccc(SC(N(C)C)=[N+](C)C)c([N+](=O)[O-])c1.[I-]. The summed E-state index contributed by atoms with van der Waals surface area (Å²) in [7, 11) is 7.68. The summed E-state index contributed by atoms with van der Waals surface area (Å²) in [5.74, 6) is 0. The Kier molecular flexibility index (Phi) is 7.35. The molecule has 0 unspecified atom stereocenters. The molecule has 5 nitrogen and oxygen atoms in total. The molecule has 0 aliphatic carbocycles. The second-order valence-corrected chi connectivity index (χ2v) is 5.41. The molecule has 106 valence electrons. The number of rotatable bonds is 2. The molecule has 0 bridgehead atoms. The van der Waals surface area contributed by atoms with Crippen molar-refractivity contribution < 1.29 is 33.5 Å². The zero-order valence-electron chi connectivity index (χ0n) is 11.7. The van der Waals surface area contributed by atoms with Crippen molar-refractivity contribution >= 4 is 22.6 Å². The molecular weight excluding hydrogens is 377 g/mol. The number of hydrogen-bond acceptors (Lipinski definition) is 3. The first-order valence-electron chi connectivity index (χ1n) is 5.47. The van der Waals surface area contributed by atoms with Crippen LogP contribution >= 0.6 is 11.8 Å². The summed E-state index contributed by atoms with van der Waals surface area (Å²) in [6.07, 6.45) is 0. The van der Waals surface area contributed by atoms with Gasteiger partial charge in [-0.25, -0.2) is 0 Å². The number of hydrogen-bond donors (Lipinski definition) is 0. The summed E-state index contributed by atoms with van der Waals surface area (Å²) in [6, 6.07) is 5.29. The van der Waals surface area contributed by atoms with E-state index in [1.807, 2.05) is 50.7 Å². The third kappa shape index (κ3) is 4.98. The predicted octanol–water partition coefficient (Wildman–Crippen LogP) is -0.811. The molecule has 19 heavy (non-hydrogen) atoms. The van der Waals surface area contributed by atoms with Gasteiger partial charge in [-0.15, -0.1) is 0 Å². The molecule has 0 saturated heterocycles. The van der Waals surface area contributed by atoms with Gasteiger partial charge in [-0.05, 0) is 18.6 Å². The van der Waals surface area contributed by atoms with Gasteiger partial charge in [-0.3, -0.25) is 19.6 Å². The molecule has 0 aliphatic rings. The summed E-state index contributed by atoms with van der Waals surface area (Å²) in [5, 5.41) is 12.0. The standard InChI is InChI=1S/C12H18N3O2S.HI/c1-9-6-7-11(10(8-9)15(16)17)18-12(13(2)3)14(4)5;/h6-8H,1-5H3;1H/q+1;/p-1. The van der Waals surface area contributed by atoms with Gasteiger partial charge in [0.15, 0.2) is 0 Å². The number of amidine groups is 1. The van der Waals surface area contributed by atoms with Gasteiger partial charge in [-0.1, -0.05) is 6.07 Å². The molecule has 0 heterocycles. The van der Waals surface area contributed by atoms with Crippen molar-refractivity contribution in [3.8, 4) is 0 Å².